The molecular weight excluding hydrogens is 979 g/mol. The topological polar surface area (TPSA) is 175 Å². The summed E-state index contributed by atoms with van der Waals surface area (Å²) < 4.78 is 17.5. The Morgan fingerprint density at radius 2 is 0.923 bits per heavy atom. The third-order valence-electron chi connectivity index (χ3n) is 13.3. The minimum absolute atomic E-state index is 0.0344. The molecule has 0 aromatic heterocycles. The molecule has 1 aliphatic rings. The highest BCUT2D eigenvalue weighted by molar-refractivity contribution is 5.80. The van der Waals surface area contributed by atoms with Gasteiger partial charge in [0.25, 0.3) is 0 Å². The number of carbonyl (C=O) groups is 2. The van der Waals surface area contributed by atoms with E-state index in [4.69, 9.17) is 14.2 Å². The van der Waals surface area contributed by atoms with Gasteiger partial charge in [0.15, 0.2) is 12.4 Å². The van der Waals surface area contributed by atoms with Crippen molar-refractivity contribution in [2.45, 2.75) is 262 Å². The van der Waals surface area contributed by atoms with E-state index in [9.17, 15) is 35.1 Å². The number of unbranched alkanes of at least 4 members (excludes halogenated alkanes) is 15. The summed E-state index contributed by atoms with van der Waals surface area (Å²) in [5.74, 6) is -1.31. The predicted molar refractivity (Wildman–Crippen MR) is 324 cm³/mol. The van der Waals surface area contributed by atoms with Crippen LogP contribution in [0.5, 0.6) is 0 Å². The second-order valence-electron chi connectivity index (χ2n) is 20.3. The van der Waals surface area contributed by atoms with Crippen molar-refractivity contribution in [2.75, 3.05) is 13.2 Å². The van der Waals surface area contributed by atoms with Crippen molar-refractivity contribution >= 4 is 11.9 Å². The van der Waals surface area contributed by atoms with E-state index >= 15 is 0 Å². The van der Waals surface area contributed by atoms with E-state index < -0.39 is 67.4 Å². The SMILES string of the molecule is CC/C=C\C/C=C\C/C=C\C/C=C\C/C=C\C/C=C\CCCC(O)C(=O)NC(COC1OC(CO)C(O)C(O)C1OC(=O)CCC/C=C\C/C=C\C/C=C\C/C=C\CCCCC)C(O)/C=C/CCCCCCCCCCCC. The predicted octanol–water partition coefficient (Wildman–Crippen LogP) is 14.4. The molecule has 1 saturated heterocycles. The Morgan fingerprint density at radius 1 is 0.513 bits per heavy atom. The lowest BCUT2D eigenvalue weighted by atomic mass is 9.99. The van der Waals surface area contributed by atoms with Gasteiger partial charge >= 0.3 is 5.97 Å². The molecule has 1 heterocycles. The van der Waals surface area contributed by atoms with E-state index in [2.05, 4.69) is 129 Å². The molecule has 0 saturated carbocycles. The van der Waals surface area contributed by atoms with E-state index in [1.54, 1.807) is 6.08 Å². The Morgan fingerprint density at radius 3 is 1.41 bits per heavy atom. The van der Waals surface area contributed by atoms with Crippen molar-refractivity contribution in [1.82, 2.24) is 5.32 Å². The van der Waals surface area contributed by atoms with Gasteiger partial charge in [-0.25, -0.2) is 0 Å². The Hall–Kier alpha value is -4.20. The summed E-state index contributed by atoms with van der Waals surface area (Å²) in [6.07, 6.45) is 64.9. The molecule has 1 amide bonds. The van der Waals surface area contributed by atoms with Gasteiger partial charge in [0, 0.05) is 6.42 Å². The van der Waals surface area contributed by atoms with Crippen molar-refractivity contribution < 1.29 is 49.3 Å². The van der Waals surface area contributed by atoms with E-state index in [1.807, 2.05) is 24.3 Å². The van der Waals surface area contributed by atoms with Crippen LogP contribution in [-0.4, -0.2) is 99.6 Å². The molecule has 0 aliphatic carbocycles. The summed E-state index contributed by atoms with van der Waals surface area (Å²) in [5.41, 5.74) is 0. The molecule has 6 N–H and O–H groups in total. The Bertz CT molecular complexity index is 1770. The van der Waals surface area contributed by atoms with Crippen molar-refractivity contribution in [3.05, 3.63) is 134 Å². The van der Waals surface area contributed by atoms with Gasteiger partial charge in [-0.2, -0.15) is 0 Å². The fourth-order valence-corrected chi connectivity index (χ4v) is 8.47. The lowest BCUT2D eigenvalue weighted by molar-refractivity contribution is -0.305. The summed E-state index contributed by atoms with van der Waals surface area (Å²) in [5, 5.41) is 56.9. The first-order chi connectivity index (χ1) is 38.2. The number of allylic oxidation sites excluding steroid dienone is 21. The summed E-state index contributed by atoms with van der Waals surface area (Å²) in [6, 6.07) is -1.07. The van der Waals surface area contributed by atoms with Crippen LogP contribution in [-0.2, 0) is 23.8 Å². The maximum absolute atomic E-state index is 13.4. The molecular formula is C67H109NO10. The normalized spacial score (nSPS) is 19.9. The molecule has 8 atom stereocenters. The third-order valence-corrected chi connectivity index (χ3v) is 13.3. The number of hydrogen-bond donors (Lipinski definition) is 6. The summed E-state index contributed by atoms with van der Waals surface area (Å²) in [4.78, 5) is 26.5. The van der Waals surface area contributed by atoms with E-state index in [0.717, 1.165) is 89.9 Å². The molecule has 0 aromatic rings. The number of amides is 1. The van der Waals surface area contributed by atoms with Gasteiger partial charge in [0.1, 0.15) is 24.4 Å². The quantitative estimate of drug-likeness (QED) is 0.0195. The van der Waals surface area contributed by atoms with Gasteiger partial charge in [0.2, 0.25) is 5.91 Å². The number of aliphatic hydroxyl groups excluding tert-OH is 5. The highest BCUT2D eigenvalue weighted by atomic mass is 16.7. The highest BCUT2D eigenvalue weighted by Gasteiger charge is 2.47. The number of ether oxygens (including phenoxy) is 3. The van der Waals surface area contributed by atoms with Crippen molar-refractivity contribution in [2.24, 2.45) is 0 Å². The van der Waals surface area contributed by atoms with Crippen LogP contribution in [0.1, 0.15) is 213 Å². The number of esters is 1. The first kappa shape index (κ1) is 71.8. The highest BCUT2D eigenvalue weighted by Crippen LogP contribution is 2.26. The standard InChI is InChI=1S/C67H109NO10/c1-4-7-10-13-16-19-22-25-27-29-30-31-33-34-36-39-42-45-48-51-54-60(71)66(75)68-58(59(70)53-50-47-44-41-38-24-21-18-15-12-9-6-3)57-76-67-65(64(74)63(73)61(56-69)77-67)78-62(72)55-52-49-46-43-40-37-35-32-28-26-23-20-17-14-11-8-5-2/h7,10,16-17,19-20,25-28,30-31,34-37,42-43,45-46,50,53,58-61,63-65,67,69-71,73-74H,4-6,8-9,11-15,18,21-24,29,32-33,38-41,44,47-49,51-52,54-57H2,1-3H3,(H,68,75)/b10-7-,19-16-,20-17-,27-25-,28-26-,31-30-,36-34-,37-35-,45-42-,46-43-,53-50+. The minimum Gasteiger partial charge on any atom is -0.454 e. The average molecular weight is 1090 g/mol. The Balaban J connectivity index is 2.78. The molecule has 442 valence electrons. The van der Waals surface area contributed by atoms with Crippen molar-refractivity contribution in [3.8, 4) is 0 Å². The van der Waals surface area contributed by atoms with Crippen LogP contribution >= 0.6 is 0 Å². The van der Waals surface area contributed by atoms with Crippen LogP contribution in [0.15, 0.2) is 134 Å². The lowest BCUT2D eigenvalue weighted by Crippen LogP contribution is -2.61. The van der Waals surface area contributed by atoms with Gasteiger partial charge in [-0.15, -0.1) is 0 Å². The minimum atomic E-state index is -1.65. The monoisotopic (exact) mass is 1090 g/mol. The molecule has 0 aromatic carbocycles. The number of carbonyl (C=O) groups excluding carboxylic acids is 2. The zero-order valence-corrected chi connectivity index (χ0v) is 48.7. The fourth-order valence-electron chi connectivity index (χ4n) is 8.47. The summed E-state index contributed by atoms with van der Waals surface area (Å²) >= 11 is 0. The molecule has 0 spiro atoms. The van der Waals surface area contributed by atoms with Crippen LogP contribution in [0.25, 0.3) is 0 Å². The van der Waals surface area contributed by atoms with Gasteiger partial charge < -0.3 is 45.1 Å². The molecule has 8 unspecified atom stereocenters. The van der Waals surface area contributed by atoms with Crippen molar-refractivity contribution in [1.29, 1.82) is 0 Å². The average Bonchev–Trinajstić information content (AvgIpc) is 3.44. The van der Waals surface area contributed by atoms with Crippen LogP contribution in [0.3, 0.4) is 0 Å². The largest absolute Gasteiger partial charge is 0.454 e. The lowest BCUT2D eigenvalue weighted by Gasteiger charge is -2.41. The first-order valence-electron chi connectivity index (χ1n) is 30.5. The van der Waals surface area contributed by atoms with Crippen molar-refractivity contribution in [3.63, 3.8) is 0 Å². The van der Waals surface area contributed by atoms with Crippen LogP contribution in [0.2, 0.25) is 0 Å². The number of nitrogens with one attached hydrogen (secondary N) is 1. The van der Waals surface area contributed by atoms with Gasteiger partial charge in [-0.1, -0.05) is 225 Å². The molecule has 11 nitrogen and oxygen atoms in total. The second-order valence-corrected chi connectivity index (χ2v) is 20.3. The number of rotatable bonds is 49. The molecule has 0 radical (unpaired) electrons. The number of aliphatic hydroxyl groups is 5. The zero-order chi connectivity index (χ0) is 56.8. The van der Waals surface area contributed by atoms with Gasteiger partial charge in [0.05, 0.1) is 25.4 Å². The molecule has 78 heavy (non-hydrogen) atoms. The molecule has 1 fully saturated rings. The molecule has 1 aliphatic heterocycles. The van der Waals surface area contributed by atoms with E-state index in [1.165, 1.54) is 64.2 Å². The van der Waals surface area contributed by atoms with Crippen LogP contribution in [0, 0.1) is 0 Å². The number of hydrogen-bond acceptors (Lipinski definition) is 10. The van der Waals surface area contributed by atoms with Crippen LogP contribution < -0.4 is 5.32 Å². The maximum Gasteiger partial charge on any atom is 0.306 e. The first-order valence-corrected chi connectivity index (χ1v) is 30.5. The Labute approximate surface area is 473 Å². The van der Waals surface area contributed by atoms with Gasteiger partial charge in [-0.3, -0.25) is 9.59 Å². The Kier molecular flexibility index (Phi) is 49.2. The van der Waals surface area contributed by atoms with E-state index in [-0.39, 0.29) is 19.4 Å². The maximum atomic E-state index is 13.4. The fraction of sp³-hybridized carbons (Fsp3) is 0.642. The zero-order valence-electron chi connectivity index (χ0n) is 48.7. The molecule has 11 heteroatoms. The third kappa shape index (κ3) is 40.9. The van der Waals surface area contributed by atoms with E-state index in [0.29, 0.717) is 25.7 Å². The summed E-state index contributed by atoms with van der Waals surface area (Å²) in [6.45, 7) is 5.57. The second kappa shape index (κ2) is 53.4. The summed E-state index contributed by atoms with van der Waals surface area (Å²) in [7, 11) is 0. The molecule has 1 rings (SSSR count). The molecule has 0 bridgehead atoms. The van der Waals surface area contributed by atoms with Crippen LogP contribution in [0.4, 0.5) is 0 Å². The smallest absolute Gasteiger partial charge is 0.306 e. The van der Waals surface area contributed by atoms with Gasteiger partial charge in [-0.05, 0) is 116 Å².